The number of aryl methyl sites for hydroxylation is 1. The summed E-state index contributed by atoms with van der Waals surface area (Å²) in [4.78, 5) is 8.44. The van der Waals surface area contributed by atoms with Crippen LogP contribution in [0.15, 0.2) is 30.5 Å². The molecule has 0 saturated heterocycles. The summed E-state index contributed by atoms with van der Waals surface area (Å²) < 4.78 is 1.73. The van der Waals surface area contributed by atoms with Crippen LogP contribution in [0.1, 0.15) is 5.69 Å². The Labute approximate surface area is 112 Å². The van der Waals surface area contributed by atoms with Crippen LogP contribution in [0.2, 0.25) is 0 Å². The highest BCUT2D eigenvalue weighted by Crippen LogP contribution is 2.34. The summed E-state index contributed by atoms with van der Waals surface area (Å²) >= 11 is 1.55. The van der Waals surface area contributed by atoms with Gasteiger partial charge in [0.1, 0.15) is 10.8 Å². The Morgan fingerprint density at radius 2 is 2.16 bits per heavy atom. The topological polar surface area (TPSA) is 72.0 Å². The normalized spacial score (nSPS) is 11.6. The van der Waals surface area contributed by atoms with E-state index in [9.17, 15) is 0 Å². The molecule has 4 rings (SSSR count). The lowest BCUT2D eigenvalue weighted by atomic mass is 10.1. The molecular formula is C13H11N5S. The number of fused-ring (bicyclic) bond motifs is 2. The van der Waals surface area contributed by atoms with Gasteiger partial charge in [-0.3, -0.25) is 0 Å². The van der Waals surface area contributed by atoms with Crippen LogP contribution in [0.4, 0.5) is 5.82 Å². The third-order valence-corrected chi connectivity index (χ3v) is 4.11. The maximum absolute atomic E-state index is 5.65. The predicted molar refractivity (Wildman–Crippen MR) is 77.3 cm³/mol. The van der Waals surface area contributed by atoms with Crippen molar-refractivity contribution < 1.29 is 0 Å². The monoisotopic (exact) mass is 269 g/mol. The van der Waals surface area contributed by atoms with Gasteiger partial charge in [-0.2, -0.15) is 5.10 Å². The molecule has 19 heavy (non-hydrogen) atoms. The van der Waals surface area contributed by atoms with E-state index in [-0.39, 0.29) is 0 Å². The number of aromatic nitrogens is 4. The van der Waals surface area contributed by atoms with Crippen molar-refractivity contribution in [3.8, 4) is 10.6 Å². The van der Waals surface area contributed by atoms with Gasteiger partial charge < -0.3 is 10.7 Å². The Morgan fingerprint density at radius 3 is 3.00 bits per heavy atom. The van der Waals surface area contributed by atoms with Gasteiger partial charge in [-0.05, 0) is 13.0 Å². The maximum Gasteiger partial charge on any atom is 0.214 e. The number of nitrogens with zero attached hydrogens (tertiary/aromatic N) is 3. The minimum atomic E-state index is 0.501. The van der Waals surface area contributed by atoms with Crippen molar-refractivity contribution in [2.75, 3.05) is 5.73 Å². The molecule has 4 aromatic rings. The number of hydrogen-bond acceptors (Lipinski definition) is 4. The molecule has 0 saturated carbocycles. The molecule has 0 aliphatic rings. The molecule has 0 spiro atoms. The lowest BCUT2D eigenvalue weighted by Gasteiger charge is -1.94. The maximum atomic E-state index is 5.65. The number of benzene rings is 1. The summed E-state index contributed by atoms with van der Waals surface area (Å²) in [5.41, 5.74) is 9.04. The molecule has 0 unspecified atom stereocenters. The third kappa shape index (κ3) is 1.47. The SMILES string of the molecule is Cc1[nH]c2ccccc2c1-c1nn2cc(N)nc2s1. The van der Waals surface area contributed by atoms with E-state index >= 15 is 0 Å². The number of nitrogens with one attached hydrogen (secondary N) is 1. The van der Waals surface area contributed by atoms with Gasteiger partial charge in [-0.25, -0.2) is 9.50 Å². The van der Waals surface area contributed by atoms with Gasteiger partial charge in [0, 0.05) is 22.2 Å². The van der Waals surface area contributed by atoms with Crippen molar-refractivity contribution in [2.24, 2.45) is 0 Å². The first-order chi connectivity index (χ1) is 9.22. The van der Waals surface area contributed by atoms with Crippen LogP contribution in [-0.4, -0.2) is 19.6 Å². The molecule has 0 radical (unpaired) electrons. The van der Waals surface area contributed by atoms with Crippen molar-refractivity contribution in [3.63, 3.8) is 0 Å². The highest BCUT2D eigenvalue weighted by molar-refractivity contribution is 7.20. The number of rotatable bonds is 1. The quantitative estimate of drug-likeness (QED) is 0.558. The molecule has 5 nitrogen and oxygen atoms in total. The number of nitrogens with two attached hydrogens (primary N) is 1. The fourth-order valence-electron chi connectivity index (χ4n) is 2.37. The Hall–Kier alpha value is -2.34. The Kier molecular flexibility index (Phi) is 1.99. The number of nitrogen functional groups attached to an aromatic ring is 1. The standard InChI is InChI=1S/C13H11N5S/c1-7-11(8-4-2-3-5-9(8)15-7)12-17-18-6-10(14)16-13(18)19-12/h2-6,15H,14H2,1H3. The van der Waals surface area contributed by atoms with Gasteiger partial charge >= 0.3 is 0 Å². The zero-order valence-electron chi connectivity index (χ0n) is 10.2. The number of imidazole rings is 1. The van der Waals surface area contributed by atoms with E-state index in [0.29, 0.717) is 5.82 Å². The van der Waals surface area contributed by atoms with E-state index in [1.165, 1.54) is 5.39 Å². The molecule has 0 aliphatic carbocycles. The fraction of sp³-hybridized carbons (Fsp3) is 0.0769. The second-order valence-corrected chi connectivity index (χ2v) is 5.43. The van der Waals surface area contributed by atoms with Gasteiger partial charge in [0.05, 0.1) is 6.20 Å². The molecule has 6 heteroatoms. The number of aromatic amines is 1. The van der Waals surface area contributed by atoms with Crippen molar-refractivity contribution >= 4 is 33.0 Å². The summed E-state index contributed by atoms with van der Waals surface area (Å²) in [6.45, 7) is 2.06. The first-order valence-corrected chi connectivity index (χ1v) is 6.73. The van der Waals surface area contributed by atoms with E-state index in [1.54, 1.807) is 22.0 Å². The van der Waals surface area contributed by atoms with Crippen LogP contribution in [-0.2, 0) is 0 Å². The summed E-state index contributed by atoms with van der Waals surface area (Å²) in [5.74, 6) is 0.501. The fourth-order valence-corrected chi connectivity index (χ4v) is 3.38. The average molecular weight is 269 g/mol. The molecule has 0 aliphatic heterocycles. The Balaban J connectivity index is 2.02. The zero-order chi connectivity index (χ0) is 13.0. The molecule has 0 atom stereocenters. The molecule has 3 N–H and O–H groups in total. The molecule has 1 aromatic carbocycles. The van der Waals surface area contributed by atoms with Gasteiger partial charge in [0.15, 0.2) is 0 Å². The van der Waals surface area contributed by atoms with E-state index in [1.807, 2.05) is 12.1 Å². The largest absolute Gasteiger partial charge is 0.382 e. The summed E-state index contributed by atoms with van der Waals surface area (Å²) in [5, 5.41) is 6.70. The lowest BCUT2D eigenvalue weighted by molar-refractivity contribution is 0.978. The van der Waals surface area contributed by atoms with E-state index in [4.69, 9.17) is 5.73 Å². The second-order valence-electron chi connectivity index (χ2n) is 4.47. The van der Waals surface area contributed by atoms with Crippen LogP contribution >= 0.6 is 11.3 Å². The van der Waals surface area contributed by atoms with Crippen LogP contribution in [0.5, 0.6) is 0 Å². The van der Waals surface area contributed by atoms with Crippen LogP contribution < -0.4 is 5.73 Å². The van der Waals surface area contributed by atoms with Gasteiger partial charge in [0.2, 0.25) is 4.96 Å². The van der Waals surface area contributed by atoms with Crippen LogP contribution in [0.3, 0.4) is 0 Å². The van der Waals surface area contributed by atoms with Gasteiger partial charge in [-0.15, -0.1) is 0 Å². The summed E-state index contributed by atoms with van der Waals surface area (Å²) in [7, 11) is 0. The van der Waals surface area contributed by atoms with E-state index in [0.717, 1.165) is 26.7 Å². The smallest absolute Gasteiger partial charge is 0.214 e. The molecule has 3 aromatic heterocycles. The number of anilines is 1. The molecule has 0 bridgehead atoms. The van der Waals surface area contributed by atoms with Gasteiger partial charge in [0.25, 0.3) is 0 Å². The highest BCUT2D eigenvalue weighted by atomic mass is 32.1. The molecule has 94 valence electrons. The number of para-hydroxylation sites is 1. The zero-order valence-corrected chi connectivity index (χ0v) is 11.0. The summed E-state index contributed by atoms with van der Waals surface area (Å²) in [6, 6.07) is 8.24. The van der Waals surface area contributed by atoms with Crippen molar-refractivity contribution in [1.82, 2.24) is 19.6 Å². The Morgan fingerprint density at radius 1 is 1.32 bits per heavy atom. The van der Waals surface area contributed by atoms with Gasteiger partial charge in [-0.1, -0.05) is 29.5 Å². The average Bonchev–Trinajstić information content (AvgIpc) is 2.97. The molecule has 3 heterocycles. The van der Waals surface area contributed by atoms with E-state index < -0.39 is 0 Å². The number of hydrogen-bond donors (Lipinski definition) is 2. The molecule has 0 fully saturated rings. The lowest BCUT2D eigenvalue weighted by Crippen LogP contribution is -1.85. The highest BCUT2D eigenvalue weighted by Gasteiger charge is 2.15. The first-order valence-electron chi connectivity index (χ1n) is 5.92. The van der Waals surface area contributed by atoms with Crippen molar-refractivity contribution in [2.45, 2.75) is 6.92 Å². The summed E-state index contributed by atoms with van der Waals surface area (Å²) in [6.07, 6.45) is 1.74. The molecular weight excluding hydrogens is 258 g/mol. The number of H-pyrrole nitrogens is 1. The predicted octanol–water partition coefficient (Wildman–Crippen LogP) is 2.83. The second kappa shape index (κ2) is 3.58. The Bertz CT molecular complexity index is 867. The van der Waals surface area contributed by atoms with Crippen LogP contribution in [0.25, 0.3) is 26.4 Å². The minimum Gasteiger partial charge on any atom is -0.382 e. The van der Waals surface area contributed by atoms with Crippen LogP contribution in [0, 0.1) is 6.92 Å². The van der Waals surface area contributed by atoms with E-state index in [2.05, 4.69) is 34.1 Å². The molecule has 0 amide bonds. The first kappa shape index (κ1) is 10.6. The third-order valence-electron chi connectivity index (χ3n) is 3.17. The minimum absolute atomic E-state index is 0.501. The van der Waals surface area contributed by atoms with Crippen molar-refractivity contribution in [1.29, 1.82) is 0 Å². The van der Waals surface area contributed by atoms with Crippen molar-refractivity contribution in [3.05, 3.63) is 36.2 Å².